The van der Waals surface area contributed by atoms with Crippen molar-refractivity contribution < 1.29 is 0 Å². The second-order valence-electron chi connectivity index (χ2n) is 8.40. The molecule has 1 aliphatic carbocycles. The molecule has 124 valence electrons. The fraction of sp³-hybridized carbons (Fsp3) is 0.810. The predicted molar refractivity (Wildman–Crippen MR) is 96.0 cm³/mol. The van der Waals surface area contributed by atoms with Crippen LogP contribution in [0.4, 0.5) is 0 Å². The van der Waals surface area contributed by atoms with Crippen LogP contribution in [0.2, 0.25) is 0 Å². The van der Waals surface area contributed by atoms with E-state index in [4.69, 9.17) is 0 Å². The summed E-state index contributed by atoms with van der Waals surface area (Å²) < 4.78 is 0. The standard InChI is InChI=1S/C21H35N/c1-5-17-9-10-21(6-2)11-12-22-15-18(13-16(3)4)7-8-20(22)19(21)14-17/h9,14,16,18,20H,5-8,10-13,15H2,1-4H3. The Morgan fingerprint density at radius 2 is 2.09 bits per heavy atom. The Labute approximate surface area is 137 Å². The highest BCUT2D eigenvalue weighted by molar-refractivity contribution is 5.38. The van der Waals surface area contributed by atoms with Crippen molar-refractivity contribution in [2.75, 3.05) is 13.1 Å². The van der Waals surface area contributed by atoms with E-state index < -0.39 is 0 Å². The topological polar surface area (TPSA) is 3.24 Å². The number of hydrogen-bond donors (Lipinski definition) is 0. The SMILES string of the molecule is CCC1=CCC2(CC)CCN3CC(CC(C)C)CCC3C2=C1. The maximum atomic E-state index is 2.84. The van der Waals surface area contributed by atoms with Crippen LogP contribution >= 0.6 is 0 Å². The van der Waals surface area contributed by atoms with Crippen molar-refractivity contribution in [3.05, 3.63) is 23.3 Å². The molecule has 3 rings (SSSR count). The van der Waals surface area contributed by atoms with E-state index in [1.54, 1.807) is 5.57 Å². The molecule has 2 fully saturated rings. The Hall–Kier alpha value is -0.560. The molecular formula is C21H35N. The van der Waals surface area contributed by atoms with Gasteiger partial charge in [-0.15, -0.1) is 0 Å². The van der Waals surface area contributed by atoms with Gasteiger partial charge in [-0.1, -0.05) is 45.4 Å². The van der Waals surface area contributed by atoms with Crippen LogP contribution in [0.25, 0.3) is 0 Å². The minimum Gasteiger partial charge on any atom is -0.296 e. The number of nitrogens with zero attached hydrogens (tertiary/aromatic N) is 1. The van der Waals surface area contributed by atoms with Crippen LogP contribution < -0.4 is 0 Å². The summed E-state index contributed by atoms with van der Waals surface area (Å²) in [5.41, 5.74) is 3.90. The fourth-order valence-electron chi connectivity index (χ4n) is 5.27. The van der Waals surface area contributed by atoms with Crippen molar-refractivity contribution in [3.8, 4) is 0 Å². The van der Waals surface area contributed by atoms with Crippen LogP contribution in [0.3, 0.4) is 0 Å². The van der Waals surface area contributed by atoms with E-state index in [2.05, 4.69) is 44.7 Å². The quantitative estimate of drug-likeness (QED) is 0.655. The Kier molecular flexibility index (Phi) is 4.83. The van der Waals surface area contributed by atoms with Crippen molar-refractivity contribution in [1.29, 1.82) is 0 Å². The highest BCUT2D eigenvalue weighted by Gasteiger charge is 2.45. The molecule has 1 heteroatoms. The minimum absolute atomic E-state index is 0.505. The molecule has 2 saturated heterocycles. The van der Waals surface area contributed by atoms with Gasteiger partial charge < -0.3 is 0 Å². The summed E-state index contributed by atoms with van der Waals surface area (Å²) >= 11 is 0. The zero-order chi connectivity index (χ0) is 15.7. The molecule has 0 aromatic rings. The van der Waals surface area contributed by atoms with Gasteiger partial charge in [-0.05, 0) is 74.3 Å². The average Bonchev–Trinajstić information content (AvgIpc) is 2.53. The predicted octanol–water partition coefficient (Wildman–Crippen LogP) is 5.58. The zero-order valence-corrected chi connectivity index (χ0v) is 15.2. The van der Waals surface area contributed by atoms with Crippen LogP contribution in [0.1, 0.15) is 72.6 Å². The molecule has 0 radical (unpaired) electrons. The van der Waals surface area contributed by atoms with E-state index in [1.165, 1.54) is 58.0 Å². The molecule has 3 aliphatic rings. The summed E-state index contributed by atoms with van der Waals surface area (Å²) in [5, 5.41) is 0. The third-order valence-electron chi connectivity index (χ3n) is 6.62. The van der Waals surface area contributed by atoms with Crippen molar-refractivity contribution >= 4 is 0 Å². The van der Waals surface area contributed by atoms with Crippen LogP contribution in [0, 0.1) is 17.3 Å². The number of rotatable bonds is 4. The van der Waals surface area contributed by atoms with Gasteiger partial charge in [-0.3, -0.25) is 4.90 Å². The fourth-order valence-corrected chi connectivity index (χ4v) is 5.27. The second-order valence-corrected chi connectivity index (χ2v) is 8.40. The summed E-state index contributed by atoms with van der Waals surface area (Å²) in [6, 6.07) is 0.757. The molecule has 2 aliphatic heterocycles. The molecule has 3 atom stereocenters. The molecule has 0 spiro atoms. The van der Waals surface area contributed by atoms with Crippen molar-refractivity contribution in [2.24, 2.45) is 17.3 Å². The van der Waals surface area contributed by atoms with E-state index in [1.807, 2.05) is 5.57 Å². The van der Waals surface area contributed by atoms with Gasteiger partial charge in [0.25, 0.3) is 0 Å². The number of fused-ring (bicyclic) bond motifs is 3. The maximum Gasteiger partial charge on any atom is 0.0316 e. The second kappa shape index (κ2) is 6.51. The summed E-state index contributed by atoms with van der Waals surface area (Å²) in [6.45, 7) is 12.2. The van der Waals surface area contributed by atoms with Crippen molar-refractivity contribution in [3.63, 3.8) is 0 Å². The first-order valence-corrected chi connectivity index (χ1v) is 9.73. The summed E-state index contributed by atoms with van der Waals surface area (Å²) in [4.78, 5) is 2.84. The largest absolute Gasteiger partial charge is 0.296 e. The van der Waals surface area contributed by atoms with Crippen molar-refractivity contribution in [2.45, 2.75) is 78.7 Å². The van der Waals surface area contributed by atoms with Gasteiger partial charge >= 0.3 is 0 Å². The number of piperidine rings is 2. The summed E-state index contributed by atoms with van der Waals surface area (Å²) in [7, 11) is 0. The molecule has 0 aromatic heterocycles. The highest BCUT2D eigenvalue weighted by atomic mass is 15.2. The van der Waals surface area contributed by atoms with Gasteiger partial charge in [0.2, 0.25) is 0 Å². The molecule has 22 heavy (non-hydrogen) atoms. The molecule has 1 nitrogen and oxygen atoms in total. The first-order chi connectivity index (χ1) is 10.6. The maximum absolute atomic E-state index is 2.84. The van der Waals surface area contributed by atoms with Crippen LogP contribution in [0.5, 0.6) is 0 Å². The van der Waals surface area contributed by atoms with Gasteiger partial charge in [0, 0.05) is 12.6 Å². The molecule has 3 unspecified atom stereocenters. The van der Waals surface area contributed by atoms with E-state index in [0.29, 0.717) is 5.41 Å². The lowest BCUT2D eigenvalue weighted by Gasteiger charge is -2.53. The third-order valence-corrected chi connectivity index (χ3v) is 6.62. The third kappa shape index (κ3) is 2.94. The van der Waals surface area contributed by atoms with Gasteiger partial charge in [-0.2, -0.15) is 0 Å². The van der Waals surface area contributed by atoms with Gasteiger partial charge in [0.1, 0.15) is 0 Å². The van der Waals surface area contributed by atoms with Crippen LogP contribution in [-0.4, -0.2) is 24.0 Å². The van der Waals surface area contributed by atoms with Crippen LogP contribution in [0.15, 0.2) is 23.3 Å². The summed E-state index contributed by atoms with van der Waals surface area (Å²) in [5.74, 6) is 1.79. The molecule has 0 saturated carbocycles. The Balaban J connectivity index is 1.80. The zero-order valence-electron chi connectivity index (χ0n) is 15.2. The Morgan fingerprint density at radius 3 is 2.77 bits per heavy atom. The molecule has 2 heterocycles. The Morgan fingerprint density at radius 1 is 1.27 bits per heavy atom. The first-order valence-electron chi connectivity index (χ1n) is 9.73. The lowest BCUT2D eigenvalue weighted by Crippen LogP contribution is -2.53. The number of allylic oxidation sites excluding steroid dienone is 3. The Bertz CT molecular complexity index is 459. The van der Waals surface area contributed by atoms with E-state index in [-0.39, 0.29) is 0 Å². The first kappa shape index (κ1) is 16.3. The lowest BCUT2D eigenvalue weighted by molar-refractivity contribution is 0.0522. The highest BCUT2D eigenvalue weighted by Crippen LogP contribution is 2.51. The minimum atomic E-state index is 0.505. The molecule has 0 N–H and O–H groups in total. The van der Waals surface area contributed by atoms with Crippen molar-refractivity contribution in [1.82, 2.24) is 4.90 Å². The molecular weight excluding hydrogens is 266 g/mol. The van der Waals surface area contributed by atoms with Crippen LogP contribution in [-0.2, 0) is 0 Å². The monoisotopic (exact) mass is 301 g/mol. The average molecular weight is 302 g/mol. The van der Waals surface area contributed by atoms with Gasteiger partial charge in [0.15, 0.2) is 0 Å². The molecule has 0 amide bonds. The summed E-state index contributed by atoms with van der Waals surface area (Å²) in [6.07, 6.45) is 14.6. The smallest absolute Gasteiger partial charge is 0.0316 e. The van der Waals surface area contributed by atoms with E-state index >= 15 is 0 Å². The molecule has 0 aromatic carbocycles. The van der Waals surface area contributed by atoms with Gasteiger partial charge in [-0.25, -0.2) is 0 Å². The normalized spacial score (nSPS) is 35.7. The number of hydrogen-bond acceptors (Lipinski definition) is 1. The van der Waals surface area contributed by atoms with Gasteiger partial charge in [0.05, 0.1) is 0 Å². The van der Waals surface area contributed by atoms with E-state index in [0.717, 1.165) is 17.9 Å². The lowest BCUT2D eigenvalue weighted by atomic mass is 9.62. The van der Waals surface area contributed by atoms with E-state index in [9.17, 15) is 0 Å². The molecule has 0 bridgehead atoms.